The van der Waals surface area contributed by atoms with Crippen molar-refractivity contribution in [1.82, 2.24) is 10.3 Å². The Labute approximate surface area is 103 Å². The molecule has 0 radical (unpaired) electrons. The lowest BCUT2D eigenvalue weighted by molar-refractivity contribution is 0.727. The standard InChI is InChI=1S/C15H18N2/c1-3-16-10-13-5-4-6-14(9-13)15-11-17-8-7-12(15)2/h4-9,11,16H,3,10H2,1-2H3. The largest absolute Gasteiger partial charge is 0.313 e. The molecule has 17 heavy (non-hydrogen) atoms. The minimum absolute atomic E-state index is 0.920. The minimum Gasteiger partial charge on any atom is -0.313 e. The highest BCUT2D eigenvalue weighted by Gasteiger charge is 2.02. The molecule has 0 spiro atoms. The van der Waals surface area contributed by atoms with Gasteiger partial charge in [0.25, 0.3) is 0 Å². The summed E-state index contributed by atoms with van der Waals surface area (Å²) in [5.41, 5.74) is 5.03. The predicted molar refractivity (Wildman–Crippen MR) is 71.8 cm³/mol. The summed E-state index contributed by atoms with van der Waals surface area (Å²) in [6.45, 7) is 6.16. The number of rotatable bonds is 4. The molecule has 0 aliphatic carbocycles. The molecule has 1 aromatic carbocycles. The van der Waals surface area contributed by atoms with Crippen LogP contribution in [0.5, 0.6) is 0 Å². The van der Waals surface area contributed by atoms with Gasteiger partial charge in [-0.2, -0.15) is 0 Å². The van der Waals surface area contributed by atoms with Gasteiger partial charge in [-0.25, -0.2) is 0 Å². The number of aryl methyl sites for hydroxylation is 1. The van der Waals surface area contributed by atoms with Gasteiger partial charge in [0.1, 0.15) is 0 Å². The van der Waals surface area contributed by atoms with Crippen molar-refractivity contribution in [1.29, 1.82) is 0 Å². The number of nitrogens with zero attached hydrogens (tertiary/aromatic N) is 1. The zero-order valence-corrected chi connectivity index (χ0v) is 10.4. The molecule has 0 saturated carbocycles. The number of hydrogen-bond donors (Lipinski definition) is 1. The first-order valence-corrected chi connectivity index (χ1v) is 6.02. The van der Waals surface area contributed by atoms with E-state index in [1.165, 1.54) is 22.3 Å². The number of pyridine rings is 1. The Morgan fingerprint density at radius 1 is 1.24 bits per heavy atom. The van der Waals surface area contributed by atoms with Crippen molar-refractivity contribution < 1.29 is 0 Å². The highest BCUT2D eigenvalue weighted by molar-refractivity contribution is 5.66. The smallest absolute Gasteiger partial charge is 0.0349 e. The van der Waals surface area contributed by atoms with Crippen molar-refractivity contribution >= 4 is 0 Å². The summed E-state index contributed by atoms with van der Waals surface area (Å²) in [5.74, 6) is 0. The molecule has 0 saturated heterocycles. The van der Waals surface area contributed by atoms with Gasteiger partial charge in [-0.1, -0.05) is 25.1 Å². The first-order valence-electron chi connectivity index (χ1n) is 6.02. The lowest BCUT2D eigenvalue weighted by atomic mass is 10.0. The molecule has 0 amide bonds. The molecule has 0 atom stereocenters. The molecular weight excluding hydrogens is 208 g/mol. The number of aromatic nitrogens is 1. The van der Waals surface area contributed by atoms with Gasteiger partial charge in [0.05, 0.1) is 0 Å². The van der Waals surface area contributed by atoms with E-state index in [1.807, 2.05) is 18.5 Å². The molecule has 2 nitrogen and oxygen atoms in total. The molecule has 1 aromatic heterocycles. The summed E-state index contributed by atoms with van der Waals surface area (Å²) < 4.78 is 0. The van der Waals surface area contributed by atoms with Crippen LogP contribution in [0.4, 0.5) is 0 Å². The third-order valence-corrected chi connectivity index (χ3v) is 2.86. The number of nitrogens with one attached hydrogen (secondary N) is 1. The van der Waals surface area contributed by atoms with Crippen LogP contribution in [0.1, 0.15) is 18.1 Å². The van der Waals surface area contributed by atoms with Gasteiger partial charge in [-0.3, -0.25) is 4.98 Å². The average Bonchev–Trinajstić information content (AvgIpc) is 2.37. The molecule has 0 aliphatic rings. The van der Waals surface area contributed by atoms with Crippen molar-refractivity contribution in [2.45, 2.75) is 20.4 Å². The Kier molecular flexibility index (Phi) is 3.89. The van der Waals surface area contributed by atoms with Crippen LogP contribution in [0.2, 0.25) is 0 Å². The van der Waals surface area contributed by atoms with Crippen LogP contribution in [0, 0.1) is 6.92 Å². The Morgan fingerprint density at radius 2 is 2.12 bits per heavy atom. The van der Waals surface area contributed by atoms with Gasteiger partial charge in [0.15, 0.2) is 0 Å². The van der Waals surface area contributed by atoms with Crippen LogP contribution in [0.15, 0.2) is 42.7 Å². The Bertz CT molecular complexity index is 492. The summed E-state index contributed by atoms with van der Waals surface area (Å²) in [6, 6.07) is 10.7. The molecule has 0 fully saturated rings. The molecule has 0 aliphatic heterocycles. The Morgan fingerprint density at radius 3 is 2.88 bits per heavy atom. The maximum atomic E-state index is 4.20. The topological polar surface area (TPSA) is 24.9 Å². The Balaban J connectivity index is 2.30. The first kappa shape index (κ1) is 11.8. The lowest BCUT2D eigenvalue weighted by Crippen LogP contribution is -2.11. The van der Waals surface area contributed by atoms with Crippen molar-refractivity contribution in [3.63, 3.8) is 0 Å². The van der Waals surface area contributed by atoms with Crippen molar-refractivity contribution in [3.8, 4) is 11.1 Å². The molecule has 2 heteroatoms. The van der Waals surface area contributed by atoms with Gasteiger partial charge < -0.3 is 5.32 Å². The van der Waals surface area contributed by atoms with E-state index in [9.17, 15) is 0 Å². The molecule has 2 rings (SSSR count). The third-order valence-electron chi connectivity index (χ3n) is 2.86. The second-order valence-electron chi connectivity index (χ2n) is 4.17. The first-order chi connectivity index (χ1) is 8.31. The van der Waals surface area contributed by atoms with E-state index in [4.69, 9.17) is 0 Å². The van der Waals surface area contributed by atoms with E-state index in [1.54, 1.807) is 0 Å². The highest BCUT2D eigenvalue weighted by atomic mass is 14.8. The van der Waals surface area contributed by atoms with Crippen molar-refractivity contribution in [3.05, 3.63) is 53.9 Å². The molecule has 1 heterocycles. The third kappa shape index (κ3) is 2.92. The SMILES string of the molecule is CCNCc1cccc(-c2cnccc2C)c1. The second kappa shape index (κ2) is 5.60. The fraction of sp³-hybridized carbons (Fsp3) is 0.267. The van der Waals surface area contributed by atoms with E-state index in [0.29, 0.717) is 0 Å². The van der Waals surface area contributed by atoms with Crippen molar-refractivity contribution in [2.75, 3.05) is 6.54 Å². The lowest BCUT2D eigenvalue weighted by Gasteiger charge is -2.08. The van der Waals surface area contributed by atoms with Crippen LogP contribution in [0.25, 0.3) is 11.1 Å². The normalized spacial score (nSPS) is 10.5. The molecule has 2 aromatic rings. The monoisotopic (exact) mass is 226 g/mol. The zero-order valence-electron chi connectivity index (χ0n) is 10.4. The summed E-state index contributed by atoms with van der Waals surface area (Å²) in [4.78, 5) is 4.20. The molecule has 0 bridgehead atoms. The van der Waals surface area contributed by atoms with E-state index in [2.05, 4.69) is 48.4 Å². The number of benzene rings is 1. The Hall–Kier alpha value is -1.67. The van der Waals surface area contributed by atoms with Crippen molar-refractivity contribution in [2.24, 2.45) is 0 Å². The van der Waals surface area contributed by atoms with Crippen LogP contribution in [-0.2, 0) is 6.54 Å². The molecular formula is C15H18N2. The fourth-order valence-corrected chi connectivity index (χ4v) is 1.88. The molecule has 0 unspecified atom stereocenters. The van der Waals surface area contributed by atoms with Gasteiger partial charge in [0, 0.05) is 24.5 Å². The van der Waals surface area contributed by atoms with Gasteiger partial charge in [-0.15, -0.1) is 0 Å². The average molecular weight is 226 g/mol. The maximum absolute atomic E-state index is 4.20. The summed E-state index contributed by atoms with van der Waals surface area (Å²) in [7, 11) is 0. The number of hydrogen-bond acceptors (Lipinski definition) is 2. The van der Waals surface area contributed by atoms with E-state index >= 15 is 0 Å². The zero-order chi connectivity index (χ0) is 12.1. The quantitative estimate of drug-likeness (QED) is 0.866. The van der Waals surface area contributed by atoms with E-state index in [0.717, 1.165) is 13.1 Å². The van der Waals surface area contributed by atoms with Gasteiger partial charge >= 0.3 is 0 Å². The summed E-state index contributed by atoms with van der Waals surface area (Å²) in [5, 5.41) is 3.34. The summed E-state index contributed by atoms with van der Waals surface area (Å²) >= 11 is 0. The molecule has 88 valence electrons. The highest BCUT2D eigenvalue weighted by Crippen LogP contribution is 2.22. The maximum Gasteiger partial charge on any atom is 0.0349 e. The second-order valence-corrected chi connectivity index (χ2v) is 4.17. The van der Waals surface area contributed by atoms with Gasteiger partial charge in [0.2, 0.25) is 0 Å². The summed E-state index contributed by atoms with van der Waals surface area (Å²) in [6.07, 6.45) is 3.77. The van der Waals surface area contributed by atoms with Crippen LogP contribution < -0.4 is 5.32 Å². The van der Waals surface area contributed by atoms with Crippen LogP contribution in [-0.4, -0.2) is 11.5 Å². The van der Waals surface area contributed by atoms with Crippen LogP contribution >= 0.6 is 0 Å². The van der Waals surface area contributed by atoms with E-state index in [-0.39, 0.29) is 0 Å². The van der Waals surface area contributed by atoms with E-state index < -0.39 is 0 Å². The predicted octanol–water partition coefficient (Wildman–Crippen LogP) is 3.17. The minimum atomic E-state index is 0.920. The fourth-order valence-electron chi connectivity index (χ4n) is 1.88. The van der Waals surface area contributed by atoms with Gasteiger partial charge in [-0.05, 0) is 42.3 Å². The molecule has 1 N–H and O–H groups in total. The van der Waals surface area contributed by atoms with Crippen LogP contribution in [0.3, 0.4) is 0 Å².